The number of nitrogens with two attached hydrogens (primary N) is 1. The quantitative estimate of drug-likeness (QED) is 0.822. The van der Waals surface area contributed by atoms with E-state index >= 15 is 0 Å². The van der Waals surface area contributed by atoms with Gasteiger partial charge < -0.3 is 10.6 Å². The van der Waals surface area contributed by atoms with Crippen molar-refractivity contribution in [1.29, 1.82) is 0 Å². The third-order valence-electron chi connectivity index (χ3n) is 4.18. The van der Waals surface area contributed by atoms with Crippen LogP contribution in [0.4, 0.5) is 5.69 Å². The van der Waals surface area contributed by atoms with Gasteiger partial charge in [0.25, 0.3) is 5.91 Å². The van der Waals surface area contributed by atoms with Gasteiger partial charge in [-0.2, -0.15) is 0 Å². The van der Waals surface area contributed by atoms with Crippen molar-refractivity contribution in [3.63, 3.8) is 0 Å². The van der Waals surface area contributed by atoms with E-state index < -0.39 is 0 Å². The maximum absolute atomic E-state index is 12.4. The highest BCUT2D eigenvalue weighted by atomic mass is 16.2. The summed E-state index contributed by atoms with van der Waals surface area (Å²) in [6.45, 7) is 1.76. The zero-order chi connectivity index (χ0) is 12.5. The molecule has 4 heteroatoms. The number of aromatic nitrogens is 1. The number of carbonyl (C=O) groups is 1. The third kappa shape index (κ3) is 2.07. The minimum absolute atomic E-state index is 0.00435. The largest absolute Gasteiger partial charge is 0.397 e. The van der Waals surface area contributed by atoms with Crippen molar-refractivity contribution in [2.75, 3.05) is 18.8 Å². The first kappa shape index (κ1) is 11.5. The smallest absolute Gasteiger partial charge is 0.274 e. The molecule has 2 N–H and O–H groups in total. The van der Waals surface area contributed by atoms with E-state index in [2.05, 4.69) is 4.98 Å². The first-order valence-electron chi connectivity index (χ1n) is 6.74. The molecule has 1 amide bonds. The van der Waals surface area contributed by atoms with E-state index in [9.17, 15) is 4.79 Å². The number of anilines is 1. The van der Waals surface area contributed by atoms with E-state index in [4.69, 9.17) is 5.73 Å². The lowest BCUT2D eigenvalue weighted by molar-refractivity contribution is 0.0500. The average Bonchev–Trinajstić information content (AvgIpc) is 2.38. The number of nitrogen functional groups attached to an aromatic ring is 1. The van der Waals surface area contributed by atoms with Crippen LogP contribution in [0.25, 0.3) is 0 Å². The van der Waals surface area contributed by atoms with Gasteiger partial charge in [-0.25, -0.2) is 4.98 Å². The monoisotopic (exact) mass is 245 g/mol. The van der Waals surface area contributed by atoms with Crippen LogP contribution in [0.2, 0.25) is 0 Å². The van der Waals surface area contributed by atoms with Crippen LogP contribution in [0.3, 0.4) is 0 Å². The maximum atomic E-state index is 12.4. The molecule has 2 aliphatic rings. The Bertz CT molecular complexity index is 448. The van der Waals surface area contributed by atoms with Crippen molar-refractivity contribution in [2.45, 2.75) is 25.7 Å². The molecule has 3 rings (SSSR count). The van der Waals surface area contributed by atoms with Crippen LogP contribution >= 0.6 is 0 Å². The highest BCUT2D eigenvalue weighted by molar-refractivity contribution is 5.97. The zero-order valence-corrected chi connectivity index (χ0v) is 10.5. The van der Waals surface area contributed by atoms with Crippen LogP contribution in [0.5, 0.6) is 0 Å². The minimum atomic E-state index is 0.00435. The molecular formula is C14H19N3O. The number of carbonyl (C=O) groups excluding carboxylic acids is 1. The zero-order valence-electron chi connectivity index (χ0n) is 10.5. The van der Waals surface area contributed by atoms with Crippen molar-refractivity contribution in [3.8, 4) is 0 Å². The molecule has 1 aliphatic heterocycles. The van der Waals surface area contributed by atoms with Gasteiger partial charge >= 0.3 is 0 Å². The Kier molecular flexibility index (Phi) is 2.94. The predicted molar refractivity (Wildman–Crippen MR) is 70.0 cm³/mol. The Balaban J connectivity index is 1.79. The highest BCUT2D eigenvalue weighted by Gasteiger charge is 2.33. The molecule has 1 aromatic rings. The van der Waals surface area contributed by atoms with Crippen LogP contribution in [0, 0.1) is 11.8 Å². The summed E-state index contributed by atoms with van der Waals surface area (Å²) in [7, 11) is 0. The number of nitrogens with zero attached hydrogens (tertiary/aromatic N) is 2. The third-order valence-corrected chi connectivity index (χ3v) is 4.18. The second kappa shape index (κ2) is 4.59. The molecule has 2 bridgehead atoms. The Morgan fingerprint density at radius 2 is 2.06 bits per heavy atom. The molecule has 96 valence electrons. The van der Waals surface area contributed by atoms with E-state index in [1.165, 1.54) is 25.7 Å². The Morgan fingerprint density at radius 1 is 1.33 bits per heavy atom. The van der Waals surface area contributed by atoms with Gasteiger partial charge in [-0.3, -0.25) is 4.79 Å². The fourth-order valence-corrected chi connectivity index (χ4v) is 3.34. The number of piperidine rings is 1. The molecule has 1 saturated heterocycles. The number of hydrogen-bond acceptors (Lipinski definition) is 3. The summed E-state index contributed by atoms with van der Waals surface area (Å²) in [4.78, 5) is 18.5. The standard InChI is InChI=1S/C14H19N3O/c15-12-5-2-6-16-13(12)14(18)17-8-10-3-1-4-11(7-10)9-17/h2,5-6,10-11H,1,3-4,7-9,15H2. The van der Waals surface area contributed by atoms with Gasteiger partial charge in [-0.15, -0.1) is 0 Å². The number of rotatable bonds is 1. The van der Waals surface area contributed by atoms with E-state index in [1.54, 1.807) is 18.3 Å². The first-order valence-corrected chi connectivity index (χ1v) is 6.74. The summed E-state index contributed by atoms with van der Waals surface area (Å²) in [6, 6.07) is 3.50. The van der Waals surface area contributed by atoms with E-state index in [0.29, 0.717) is 23.2 Å². The number of hydrogen-bond donors (Lipinski definition) is 1. The van der Waals surface area contributed by atoms with Crippen molar-refractivity contribution < 1.29 is 4.79 Å². The Hall–Kier alpha value is -1.58. The molecule has 1 aromatic heterocycles. The Labute approximate surface area is 107 Å². The molecule has 1 aliphatic carbocycles. The minimum Gasteiger partial charge on any atom is -0.397 e. The Morgan fingerprint density at radius 3 is 2.72 bits per heavy atom. The van der Waals surface area contributed by atoms with E-state index in [0.717, 1.165) is 13.1 Å². The van der Waals surface area contributed by atoms with Gasteiger partial charge in [-0.05, 0) is 43.2 Å². The summed E-state index contributed by atoms with van der Waals surface area (Å²) in [5.74, 6) is 1.38. The fraction of sp³-hybridized carbons (Fsp3) is 0.571. The lowest BCUT2D eigenvalue weighted by Gasteiger charge is -2.41. The molecule has 4 nitrogen and oxygen atoms in total. The first-order chi connectivity index (χ1) is 8.74. The molecule has 2 atom stereocenters. The number of amides is 1. The summed E-state index contributed by atoms with van der Waals surface area (Å²) in [5.41, 5.74) is 6.73. The topological polar surface area (TPSA) is 59.2 Å². The summed E-state index contributed by atoms with van der Waals surface area (Å²) >= 11 is 0. The van der Waals surface area contributed by atoms with Crippen LogP contribution in [-0.2, 0) is 0 Å². The molecular weight excluding hydrogens is 226 g/mol. The van der Waals surface area contributed by atoms with Crippen molar-refractivity contribution in [1.82, 2.24) is 9.88 Å². The van der Waals surface area contributed by atoms with Gasteiger partial charge in [0.1, 0.15) is 0 Å². The van der Waals surface area contributed by atoms with Gasteiger partial charge in [0, 0.05) is 19.3 Å². The lowest BCUT2D eigenvalue weighted by atomic mass is 9.78. The highest BCUT2D eigenvalue weighted by Crippen LogP contribution is 2.34. The number of fused-ring (bicyclic) bond motifs is 2. The number of likely N-dealkylation sites (tertiary alicyclic amines) is 1. The maximum Gasteiger partial charge on any atom is 0.274 e. The second-order valence-corrected chi connectivity index (χ2v) is 5.55. The molecule has 0 spiro atoms. The second-order valence-electron chi connectivity index (χ2n) is 5.55. The lowest BCUT2D eigenvalue weighted by Crippen LogP contribution is -2.46. The van der Waals surface area contributed by atoms with Crippen LogP contribution in [-0.4, -0.2) is 28.9 Å². The molecule has 1 saturated carbocycles. The molecule has 0 aromatic carbocycles. The summed E-state index contributed by atoms with van der Waals surface area (Å²) in [5, 5.41) is 0. The van der Waals surface area contributed by atoms with Crippen molar-refractivity contribution in [3.05, 3.63) is 24.0 Å². The summed E-state index contributed by atoms with van der Waals surface area (Å²) in [6.07, 6.45) is 6.77. The number of pyridine rings is 1. The average molecular weight is 245 g/mol. The van der Waals surface area contributed by atoms with E-state index in [1.807, 2.05) is 4.90 Å². The van der Waals surface area contributed by atoms with Crippen molar-refractivity contribution in [2.24, 2.45) is 11.8 Å². The van der Waals surface area contributed by atoms with Crippen LogP contribution < -0.4 is 5.73 Å². The fourth-order valence-electron chi connectivity index (χ4n) is 3.34. The molecule has 2 heterocycles. The molecule has 0 radical (unpaired) electrons. The predicted octanol–water partition coefficient (Wildman–Crippen LogP) is 1.93. The summed E-state index contributed by atoms with van der Waals surface area (Å²) < 4.78 is 0. The van der Waals surface area contributed by atoms with Crippen molar-refractivity contribution >= 4 is 11.6 Å². The van der Waals surface area contributed by atoms with Gasteiger partial charge in [0.2, 0.25) is 0 Å². The van der Waals surface area contributed by atoms with Gasteiger partial charge in [-0.1, -0.05) is 6.42 Å². The van der Waals surface area contributed by atoms with Crippen LogP contribution in [0.15, 0.2) is 18.3 Å². The van der Waals surface area contributed by atoms with Gasteiger partial charge in [0.05, 0.1) is 5.69 Å². The van der Waals surface area contributed by atoms with Gasteiger partial charge in [0.15, 0.2) is 5.69 Å². The molecule has 2 unspecified atom stereocenters. The van der Waals surface area contributed by atoms with Crippen LogP contribution in [0.1, 0.15) is 36.2 Å². The van der Waals surface area contributed by atoms with E-state index in [-0.39, 0.29) is 5.91 Å². The molecule has 18 heavy (non-hydrogen) atoms. The normalized spacial score (nSPS) is 27.0. The molecule has 2 fully saturated rings. The SMILES string of the molecule is Nc1cccnc1C(=O)N1CC2CCCC(C2)C1.